The molecule has 3 atom stereocenters. The summed E-state index contributed by atoms with van der Waals surface area (Å²) in [6.07, 6.45) is 0.918. The maximum atomic E-state index is 12.6. The minimum atomic E-state index is -0.549. The number of para-hydroxylation sites is 2. The largest absolute Gasteiger partial charge is 0.397 e. The Balaban J connectivity index is 1.07. The highest BCUT2D eigenvalue weighted by Crippen LogP contribution is 2.39. The van der Waals surface area contributed by atoms with Crippen molar-refractivity contribution in [1.29, 1.82) is 0 Å². The summed E-state index contributed by atoms with van der Waals surface area (Å²) in [6.45, 7) is 4.42. The second-order valence-corrected chi connectivity index (χ2v) is 12.9. The molecule has 0 spiro atoms. The van der Waals surface area contributed by atoms with Crippen LogP contribution in [0.5, 0.6) is 0 Å². The normalized spacial score (nSPS) is 19.5. The van der Waals surface area contributed by atoms with Crippen LogP contribution >= 0.6 is 0 Å². The molecular weight excluding hydrogens is 632 g/mol. The van der Waals surface area contributed by atoms with E-state index in [0.717, 1.165) is 72.6 Å². The van der Waals surface area contributed by atoms with Crippen molar-refractivity contribution in [3.05, 3.63) is 119 Å². The molecule has 0 radical (unpaired) electrons. The Morgan fingerprint density at radius 3 is 2.32 bits per heavy atom. The minimum Gasteiger partial charge on any atom is -0.397 e. The Hall–Kier alpha value is -4.58. The number of hydrogen-bond donors (Lipinski definition) is 4. The number of morpholine rings is 1. The number of amides is 2. The van der Waals surface area contributed by atoms with Crippen molar-refractivity contribution in [2.24, 2.45) is 0 Å². The van der Waals surface area contributed by atoms with Gasteiger partial charge in [0.05, 0.1) is 43.4 Å². The number of hydrogen-bond acceptors (Lipinski definition) is 8. The molecule has 2 aliphatic heterocycles. The van der Waals surface area contributed by atoms with Crippen molar-refractivity contribution >= 4 is 23.2 Å². The summed E-state index contributed by atoms with van der Waals surface area (Å²) >= 11 is 0. The molecule has 262 valence electrons. The van der Waals surface area contributed by atoms with Gasteiger partial charge in [-0.3, -0.25) is 14.5 Å². The topological polar surface area (TPSA) is 135 Å². The fraction of sp³-hybridized carbons (Fsp3) is 0.350. The lowest BCUT2D eigenvalue weighted by Gasteiger charge is -2.39. The molecule has 5 N–H and O–H groups in total. The number of nitrogens with one attached hydrogen (secondary N) is 2. The zero-order valence-corrected chi connectivity index (χ0v) is 28.3. The van der Waals surface area contributed by atoms with Crippen molar-refractivity contribution in [2.75, 3.05) is 43.9 Å². The van der Waals surface area contributed by atoms with Gasteiger partial charge in [0.15, 0.2) is 6.29 Å². The van der Waals surface area contributed by atoms with E-state index in [-0.39, 0.29) is 43.5 Å². The Kier molecular flexibility index (Phi) is 12.3. The number of anilines is 2. The molecule has 2 fully saturated rings. The van der Waals surface area contributed by atoms with Crippen LogP contribution in [0.4, 0.5) is 11.4 Å². The van der Waals surface area contributed by atoms with Gasteiger partial charge in [0.25, 0.3) is 0 Å². The predicted molar refractivity (Wildman–Crippen MR) is 193 cm³/mol. The minimum absolute atomic E-state index is 0.00374. The number of nitrogens with two attached hydrogens (primary N) is 1. The summed E-state index contributed by atoms with van der Waals surface area (Å²) in [5.41, 5.74) is 12.9. The Bertz CT molecular complexity index is 1730. The lowest BCUT2D eigenvalue weighted by molar-refractivity contribution is -0.253. The van der Waals surface area contributed by atoms with E-state index in [9.17, 15) is 14.7 Å². The van der Waals surface area contributed by atoms with E-state index >= 15 is 0 Å². The fourth-order valence-electron chi connectivity index (χ4n) is 6.35. The van der Waals surface area contributed by atoms with E-state index in [1.54, 1.807) is 12.1 Å². The van der Waals surface area contributed by atoms with Crippen molar-refractivity contribution in [2.45, 2.75) is 57.3 Å². The molecule has 0 unspecified atom stereocenters. The van der Waals surface area contributed by atoms with Gasteiger partial charge in [0, 0.05) is 51.0 Å². The molecule has 4 aromatic rings. The van der Waals surface area contributed by atoms with Gasteiger partial charge >= 0.3 is 0 Å². The Labute approximate surface area is 293 Å². The van der Waals surface area contributed by atoms with Crippen molar-refractivity contribution < 1.29 is 28.9 Å². The number of ether oxygens (including phenoxy) is 3. The highest BCUT2D eigenvalue weighted by Gasteiger charge is 2.33. The number of rotatable bonds is 13. The van der Waals surface area contributed by atoms with Crippen LogP contribution in [0.15, 0.2) is 97.1 Å². The van der Waals surface area contributed by atoms with Gasteiger partial charge in [0.1, 0.15) is 0 Å². The number of nitrogen functional groups attached to an aromatic ring is 1. The van der Waals surface area contributed by atoms with Crippen LogP contribution in [0.25, 0.3) is 11.1 Å². The van der Waals surface area contributed by atoms with E-state index < -0.39 is 6.29 Å². The lowest BCUT2D eigenvalue weighted by Crippen LogP contribution is -2.44. The molecule has 2 amide bonds. The number of nitrogens with zero attached hydrogens (tertiary/aromatic N) is 1. The molecule has 10 nitrogen and oxygen atoms in total. The molecule has 0 aromatic heterocycles. The van der Waals surface area contributed by atoms with E-state index in [1.165, 1.54) is 0 Å². The van der Waals surface area contributed by atoms with Gasteiger partial charge in [-0.1, -0.05) is 72.8 Å². The SMILES string of the molecule is Nc1ccccc1NC(=O)CCCC(=O)NCc1cccc(-c2cccc([C@H]3O[C@@H](CN4CCOCC4)C[C@@H](c4ccc(CO)cc4)O3)c2)c1. The lowest BCUT2D eigenvalue weighted by atomic mass is 9.98. The molecule has 2 heterocycles. The van der Waals surface area contributed by atoms with Crippen LogP contribution in [-0.4, -0.2) is 60.8 Å². The molecule has 0 saturated carbocycles. The smallest absolute Gasteiger partial charge is 0.224 e. The van der Waals surface area contributed by atoms with Gasteiger partial charge < -0.3 is 35.7 Å². The van der Waals surface area contributed by atoms with Gasteiger partial charge in [0.2, 0.25) is 11.8 Å². The van der Waals surface area contributed by atoms with Crippen LogP contribution < -0.4 is 16.4 Å². The van der Waals surface area contributed by atoms with Crippen LogP contribution in [0.3, 0.4) is 0 Å². The van der Waals surface area contributed by atoms with Crippen molar-refractivity contribution in [3.63, 3.8) is 0 Å². The van der Waals surface area contributed by atoms with E-state index in [1.807, 2.05) is 60.7 Å². The first-order valence-corrected chi connectivity index (χ1v) is 17.3. The third-order valence-corrected chi connectivity index (χ3v) is 9.13. The van der Waals surface area contributed by atoms with Gasteiger partial charge in [-0.25, -0.2) is 0 Å². The van der Waals surface area contributed by atoms with Gasteiger partial charge in [-0.15, -0.1) is 0 Å². The van der Waals surface area contributed by atoms with E-state index in [2.05, 4.69) is 39.8 Å². The molecule has 50 heavy (non-hydrogen) atoms. The summed E-state index contributed by atoms with van der Waals surface area (Å²) in [4.78, 5) is 27.3. The molecular formula is C40H46N4O6. The number of aliphatic hydroxyl groups is 1. The average Bonchev–Trinajstić information content (AvgIpc) is 3.15. The predicted octanol–water partition coefficient (Wildman–Crippen LogP) is 5.73. The molecule has 2 aliphatic rings. The maximum absolute atomic E-state index is 12.6. The highest BCUT2D eigenvalue weighted by molar-refractivity contribution is 5.94. The first-order chi connectivity index (χ1) is 24.4. The molecule has 0 bridgehead atoms. The zero-order valence-electron chi connectivity index (χ0n) is 28.3. The summed E-state index contributed by atoms with van der Waals surface area (Å²) in [7, 11) is 0. The molecule has 0 aliphatic carbocycles. The monoisotopic (exact) mass is 678 g/mol. The number of benzene rings is 4. The molecule has 6 rings (SSSR count). The first kappa shape index (κ1) is 35.3. The second-order valence-electron chi connectivity index (χ2n) is 12.9. The van der Waals surface area contributed by atoms with Gasteiger partial charge in [-0.2, -0.15) is 0 Å². The summed E-state index contributed by atoms with van der Waals surface area (Å²) in [5, 5.41) is 15.3. The summed E-state index contributed by atoms with van der Waals surface area (Å²) in [5.74, 6) is -0.280. The van der Waals surface area contributed by atoms with Crippen LogP contribution in [0, 0.1) is 0 Å². The second kappa shape index (κ2) is 17.4. The number of aliphatic hydroxyl groups excluding tert-OH is 1. The third-order valence-electron chi connectivity index (χ3n) is 9.13. The van der Waals surface area contributed by atoms with Crippen LogP contribution in [0.1, 0.15) is 60.3 Å². The molecule has 2 saturated heterocycles. The van der Waals surface area contributed by atoms with Crippen LogP contribution in [0.2, 0.25) is 0 Å². The van der Waals surface area contributed by atoms with E-state index in [4.69, 9.17) is 19.9 Å². The van der Waals surface area contributed by atoms with E-state index in [0.29, 0.717) is 24.3 Å². The van der Waals surface area contributed by atoms with Gasteiger partial charge in [-0.05, 0) is 58.5 Å². The maximum Gasteiger partial charge on any atom is 0.224 e. The average molecular weight is 679 g/mol. The number of carbonyl (C=O) groups excluding carboxylic acids is 2. The molecule has 10 heteroatoms. The molecule has 4 aromatic carbocycles. The van der Waals surface area contributed by atoms with Crippen molar-refractivity contribution in [3.8, 4) is 11.1 Å². The standard InChI is InChI=1S/C40H46N4O6/c41-35-10-1-2-11-36(35)43-39(47)13-5-12-38(46)42-25-29-6-3-7-31(22-29)32-8-4-9-33(23-32)40-49-34(26-44-18-20-48-21-19-44)24-37(50-40)30-16-14-28(27-45)15-17-30/h1-4,6-11,14-17,22-23,34,37,40,45H,5,12-13,18-21,24-27,41H2,(H,42,46)(H,43,47)/t34-,37+,40+/m1/s1. The number of carbonyl (C=O) groups is 2. The highest BCUT2D eigenvalue weighted by atomic mass is 16.7. The Morgan fingerprint density at radius 2 is 1.54 bits per heavy atom. The van der Waals surface area contributed by atoms with Crippen molar-refractivity contribution in [1.82, 2.24) is 10.2 Å². The Morgan fingerprint density at radius 1 is 0.800 bits per heavy atom. The zero-order chi connectivity index (χ0) is 34.7. The third kappa shape index (κ3) is 9.77. The summed E-state index contributed by atoms with van der Waals surface area (Å²) in [6, 6.07) is 31.4. The fourth-order valence-corrected chi connectivity index (χ4v) is 6.35. The quantitative estimate of drug-likeness (QED) is 0.132. The van der Waals surface area contributed by atoms with Crippen LogP contribution in [-0.2, 0) is 37.0 Å². The summed E-state index contributed by atoms with van der Waals surface area (Å²) < 4.78 is 18.8. The first-order valence-electron chi connectivity index (χ1n) is 17.3.